The molecule has 14 atom stereocenters. The van der Waals surface area contributed by atoms with Crippen LogP contribution < -0.4 is 0 Å². The second-order valence-corrected chi connectivity index (χ2v) is 16.0. The van der Waals surface area contributed by atoms with Crippen LogP contribution in [-0.2, 0) is 60.7 Å². The number of rotatable bonds is 23. The Labute approximate surface area is 351 Å². The first kappa shape index (κ1) is 48.3. The summed E-state index contributed by atoms with van der Waals surface area (Å²) in [4.78, 5) is 65.4. The Balaban J connectivity index is 1.03. The van der Waals surface area contributed by atoms with Crippen LogP contribution in [-0.4, -0.2) is 180 Å². The number of carbonyl (C=O) groups is 5. The predicted molar refractivity (Wildman–Crippen MR) is 202 cm³/mol. The molecule has 4 heterocycles. The molecule has 3 amide bonds. The number of fused-ring (bicyclic) bond motifs is 1. The van der Waals surface area contributed by atoms with Crippen LogP contribution in [0.4, 0.5) is 8.78 Å². The molecular weight excluding hydrogens is 816 g/mol. The topological polar surface area (TPSA) is 270 Å². The van der Waals surface area contributed by atoms with Gasteiger partial charge < -0.3 is 54.1 Å². The van der Waals surface area contributed by atoms with Gasteiger partial charge in [-0.1, -0.05) is 19.1 Å². The summed E-state index contributed by atoms with van der Waals surface area (Å²) in [5.41, 5.74) is 0.436. The molecule has 0 radical (unpaired) electrons. The maximum absolute atomic E-state index is 15.3. The van der Waals surface area contributed by atoms with E-state index in [-0.39, 0.29) is 88.8 Å². The minimum absolute atomic E-state index is 0.0455. The Kier molecular flexibility index (Phi) is 17.4. The monoisotopic (exact) mass is 875 g/mol. The van der Waals surface area contributed by atoms with E-state index in [0.29, 0.717) is 37.8 Å². The number of carboxylic acid groups (broad SMARTS) is 2. The van der Waals surface area contributed by atoms with E-state index >= 15 is 4.39 Å². The molecular formula is C39H59F2N5O15. The molecule has 3 saturated heterocycles. The largest absolute Gasteiger partial charge is 0.481 e. The van der Waals surface area contributed by atoms with E-state index in [1.807, 2.05) is 13.8 Å². The lowest BCUT2D eigenvalue weighted by Gasteiger charge is -2.44. The lowest BCUT2D eigenvalue weighted by molar-refractivity contribution is -0.310. The van der Waals surface area contributed by atoms with E-state index in [1.165, 1.54) is 21.4 Å². The van der Waals surface area contributed by atoms with Gasteiger partial charge in [-0.05, 0) is 45.4 Å². The summed E-state index contributed by atoms with van der Waals surface area (Å²) >= 11 is 0. The first-order valence-corrected chi connectivity index (χ1v) is 21.0. The van der Waals surface area contributed by atoms with Crippen molar-refractivity contribution in [3.05, 3.63) is 11.9 Å². The first-order valence-electron chi connectivity index (χ1n) is 21.0. The highest BCUT2D eigenvalue weighted by Crippen LogP contribution is 2.43. The number of aliphatic carboxylic acids is 2. The fourth-order valence-corrected chi connectivity index (χ4v) is 8.50. The number of carboxylic acids is 2. The van der Waals surface area contributed by atoms with Crippen LogP contribution in [0.25, 0.3) is 0 Å². The number of aromatic nitrogens is 3. The van der Waals surface area contributed by atoms with Crippen LogP contribution in [0.15, 0.2) is 6.20 Å². The third-order valence-corrected chi connectivity index (χ3v) is 11.9. The number of ether oxygens (including phenoxy) is 5. The molecule has 0 aromatic carbocycles. The third kappa shape index (κ3) is 11.6. The van der Waals surface area contributed by atoms with Crippen LogP contribution >= 0.6 is 0 Å². The van der Waals surface area contributed by atoms with Crippen molar-refractivity contribution < 1.29 is 82.0 Å². The molecule has 22 heteroatoms. The van der Waals surface area contributed by atoms with Gasteiger partial charge in [-0.3, -0.25) is 28.9 Å². The summed E-state index contributed by atoms with van der Waals surface area (Å²) < 4.78 is 59.0. The molecule has 4 unspecified atom stereocenters. The number of halogens is 2. The Morgan fingerprint density at radius 1 is 0.885 bits per heavy atom. The zero-order valence-corrected chi connectivity index (χ0v) is 34.6. The van der Waals surface area contributed by atoms with E-state index in [9.17, 15) is 48.8 Å². The smallest absolute Gasteiger partial charge is 0.309 e. The molecule has 4 fully saturated rings. The second-order valence-electron chi connectivity index (χ2n) is 16.0. The van der Waals surface area contributed by atoms with Crippen molar-refractivity contribution in [3.8, 4) is 0 Å². The standard InChI is InChI=1S/C39H59F2N5O15/c1-4-23-28-29(24(5-2)60-23)37(54)46(36(28)53)12-8-6-7-11-44(26(47)9-10-27(48)49)18-21-19-45(43-42-21)13-14-57-15-16-58-25-17-22(38(55)56)35(34(52)30(25)40)61-39-31(41)33(51)32(50)20(3)59-39/h19-20,22-25,28-35,39,50-52H,4-18H2,1-3H3,(H,48,49)(H,55,56)/t20?,22?,23-,24+,25-,28+,29-,30?,31?,32-,33-,34-,35-,39-/m1/s1. The number of nitrogens with zero attached hydrogens (tertiary/aromatic N) is 5. The number of alkyl halides is 2. The zero-order chi connectivity index (χ0) is 44.5. The van der Waals surface area contributed by atoms with Crippen molar-refractivity contribution in [1.82, 2.24) is 24.8 Å². The summed E-state index contributed by atoms with van der Waals surface area (Å²) in [6.07, 6.45) is -12.9. The molecule has 1 aliphatic carbocycles. The predicted octanol–water partition coefficient (Wildman–Crippen LogP) is 0.226. The van der Waals surface area contributed by atoms with E-state index < -0.39 is 91.4 Å². The Morgan fingerprint density at radius 2 is 1.57 bits per heavy atom. The van der Waals surface area contributed by atoms with Gasteiger partial charge in [0.25, 0.3) is 0 Å². The van der Waals surface area contributed by atoms with Gasteiger partial charge in [-0.25, -0.2) is 13.5 Å². The fraction of sp³-hybridized carbons (Fsp3) is 0.821. The number of aliphatic hydroxyl groups excluding tert-OH is 3. The average Bonchev–Trinajstić information content (AvgIpc) is 3.92. The fourth-order valence-electron chi connectivity index (χ4n) is 8.50. The molecule has 1 aromatic heterocycles. The number of hydrogen-bond acceptors (Lipinski definition) is 15. The number of amides is 3. The van der Waals surface area contributed by atoms with Gasteiger partial charge in [0.1, 0.15) is 30.1 Å². The van der Waals surface area contributed by atoms with Crippen molar-refractivity contribution in [2.45, 2.75) is 153 Å². The SMILES string of the molecule is CC[C@@H]1O[C@H](CC)[C@@H]2C(=O)N(CCCCCN(Cc3cn(CCOCCO[C@@H]4CC(C(=O)O)[C@@H](O[C@H]5OC(C)[C@@H](O)[C@H](O)C5F)[C@H](O)C4F)nn3)C(=O)CCC(=O)O)C(=O)[C@@H]21. The maximum atomic E-state index is 15.3. The molecule has 5 N–H and O–H groups in total. The van der Waals surface area contributed by atoms with E-state index in [0.717, 1.165) is 0 Å². The minimum Gasteiger partial charge on any atom is -0.481 e. The van der Waals surface area contributed by atoms with Gasteiger partial charge in [0, 0.05) is 19.5 Å². The second kappa shape index (κ2) is 22.0. The summed E-state index contributed by atoms with van der Waals surface area (Å²) in [5.74, 6) is -5.75. The van der Waals surface area contributed by atoms with Gasteiger partial charge in [0.15, 0.2) is 18.6 Å². The minimum atomic E-state index is -2.29. The summed E-state index contributed by atoms with van der Waals surface area (Å²) in [6.45, 7) is 5.93. The van der Waals surface area contributed by atoms with Crippen LogP contribution in [0.3, 0.4) is 0 Å². The Morgan fingerprint density at radius 3 is 2.21 bits per heavy atom. The molecule has 0 spiro atoms. The van der Waals surface area contributed by atoms with Crippen molar-refractivity contribution in [3.63, 3.8) is 0 Å². The molecule has 344 valence electrons. The van der Waals surface area contributed by atoms with E-state index in [1.54, 1.807) is 6.20 Å². The number of hydrogen-bond donors (Lipinski definition) is 5. The third-order valence-electron chi connectivity index (χ3n) is 11.9. The molecule has 1 saturated carbocycles. The lowest BCUT2D eigenvalue weighted by atomic mass is 9.81. The highest BCUT2D eigenvalue weighted by Gasteiger charge is 2.58. The summed E-state index contributed by atoms with van der Waals surface area (Å²) in [6, 6.07) is 0. The van der Waals surface area contributed by atoms with Crippen LogP contribution in [0.5, 0.6) is 0 Å². The van der Waals surface area contributed by atoms with Gasteiger partial charge in [-0.15, -0.1) is 5.10 Å². The van der Waals surface area contributed by atoms with E-state index in [2.05, 4.69) is 10.3 Å². The first-order chi connectivity index (χ1) is 29.1. The number of aliphatic hydroxyl groups is 3. The Bertz CT molecular complexity index is 1630. The van der Waals surface area contributed by atoms with Crippen molar-refractivity contribution in [1.29, 1.82) is 0 Å². The molecule has 4 aliphatic rings. The average molecular weight is 876 g/mol. The molecule has 3 aliphatic heterocycles. The highest BCUT2D eigenvalue weighted by molar-refractivity contribution is 6.06. The summed E-state index contributed by atoms with van der Waals surface area (Å²) in [7, 11) is 0. The quantitative estimate of drug-likeness (QED) is 0.0727. The van der Waals surface area contributed by atoms with Crippen LogP contribution in [0, 0.1) is 17.8 Å². The summed E-state index contributed by atoms with van der Waals surface area (Å²) in [5, 5.41) is 57.5. The maximum Gasteiger partial charge on any atom is 0.309 e. The Hall–Kier alpha value is -3.77. The zero-order valence-electron chi connectivity index (χ0n) is 34.6. The van der Waals surface area contributed by atoms with Gasteiger partial charge in [0.05, 0.1) is 87.7 Å². The lowest BCUT2D eigenvalue weighted by Crippen LogP contribution is -2.61. The van der Waals surface area contributed by atoms with Crippen LogP contribution in [0.2, 0.25) is 0 Å². The van der Waals surface area contributed by atoms with Crippen molar-refractivity contribution >= 4 is 29.7 Å². The number of likely N-dealkylation sites (tertiary alicyclic amines) is 1. The van der Waals surface area contributed by atoms with E-state index in [4.69, 9.17) is 28.8 Å². The van der Waals surface area contributed by atoms with Gasteiger partial charge in [-0.2, -0.15) is 0 Å². The van der Waals surface area contributed by atoms with Gasteiger partial charge in [0.2, 0.25) is 17.7 Å². The number of carbonyl (C=O) groups excluding carboxylic acids is 3. The van der Waals surface area contributed by atoms with Crippen LogP contribution in [0.1, 0.15) is 77.8 Å². The van der Waals surface area contributed by atoms with Crippen molar-refractivity contribution in [2.75, 3.05) is 32.9 Å². The molecule has 0 bridgehead atoms. The number of unbranched alkanes of at least 4 members (excludes halogenated alkanes) is 2. The van der Waals surface area contributed by atoms with Gasteiger partial charge >= 0.3 is 11.9 Å². The molecule has 5 rings (SSSR count). The molecule has 61 heavy (non-hydrogen) atoms. The van der Waals surface area contributed by atoms with Crippen molar-refractivity contribution in [2.24, 2.45) is 17.8 Å². The molecule has 20 nitrogen and oxygen atoms in total. The highest BCUT2D eigenvalue weighted by atomic mass is 19.1. The molecule has 1 aromatic rings. The normalized spacial score (nSPS) is 33.9. The number of imide groups is 1.